The number of halogens is 2. The van der Waals surface area contributed by atoms with E-state index in [1.54, 1.807) is 12.1 Å². The summed E-state index contributed by atoms with van der Waals surface area (Å²) in [7, 11) is 0. The molecule has 0 aromatic heterocycles. The van der Waals surface area contributed by atoms with Crippen LogP contribution in [0.3, 0.4) is 0 Å². The molecule has 0 radical (unpaired) electrons. The molecule has 2 aromatic carbocycles. The molecule has 1 spiro atoms. The van der Waals surface area contributed by atoms with E-state index in [0.29, 0.717) is 17.1 Å². The number of amidine groups is 1. The molecule has 3 nitrogen and oxygen atoms in total. The number of fused-ring (bicyclic) bond motifs is 1. The average Bonchev–Trinajstić information content (AvgIpc) is 2.70. The summed E-state index contributed by atoms with van der Waals surface area (Å²) < 4.78 is 14.1. The van der Waals surface area contributed by atoms with Crippen LogP contribution in [-0.4, -0.2) is 11.4 Å². The van der Waals surface area contributed by atoms with E-state index in [-0.39, 0.29) is 11.4 Å². The SMILES string of the molecule is CC.Fc1cc(Cl)ccc1CN=C1Nc2ccccc2NC12CCCCC2. The first-order chi connectivity index (χ1) is 13.2. The van der Waals surface area contributed by atoms with Crippen LogP contribution < -0.4 is 10.6 Å². The zero-order valence-corrected chi connectivity index (χ0v) is 16.7. The van der Waals surface area contributed by atoms with Gasteiger partial charge in [0, 0.05) is 10.6 Å². The van der Waals surface area contributed by atoms with Gasteiger partial charge in [-0.1, -0.05) is 62.9 Å². The van der Waals surface area contributed by atoms with E-state index >= 15 is 0 Å². The van der Waals surface area contributed by atoms with Crippen molar-refractivity contribution in [1.82, 2.24) is 0 Å². The van der Waals surface area contributed by atoms with Gasteiger partial charge >= 0.3 is 0 Å². The van der Waals surface area contributed by atoms with E-state index < -0.39 is 0 Å². The van der Waals surface area contributed by atoms with Crippen molar-refractivity contribution in [2.45, 2.75) is 58.0 Å². The molecule has 2 N–H and O–H groups in total. The van der Waals surface area contributed by atoms with Crippen LogP contribution in [-0.2, 0) is 6.54 Å². The Labute approximate surface area is 166 Å². The predicted octanol–water partition coefficient (Wildman–Crippen LogP) is 6.64. The van der Waals surface area contributed by atoms with Crippen molar-refractivity contribution >= 4 is 28.8 Å². The van der Waals surface area contributed by atoms with Gasteiger partial charge in [-0.05, 0) is 37.1 Å². The van der Waals surface area contributed by atoms with Gasteiger partial charge in [0.1, 0.15) is 11.7 Å². The second-order valence-corrected chi connectivity index (χ2v) is 7.28. The molecule has 27 heavy (non-hydrogen) atoms. The number of anilines is 2. The molecule has 1 saturated carbocycles. The van der Waals surface area contributed by atoms with Gasteiger partial charge in [-0.2, -0.15) is 0 Å². The van der Waals surface area contributed by atoms with Crippen LogP contribution in [0.2, 0.25) is 5.02 Å². The van der Waals surface area contributed by atoms with Gasteiger partial charge in [-0.15, -0.1) is 0 Å². The highest BCUT2D eigenvalue weighted by Crippen LogP contribution is 2.39. The van der Waals surface area contributed by atoms with E-state index in [1.165, 1.54) is 25.3 Å². The summed E-state index contributed by atoms with van der Waals surface area (Å²) in [4.78, 5) is 4.78. The molecule has 0 amide bonds. The fourth-order valence-corrected chi connectivity index (χ4v) is 3.95. The first kappa shape index (κ1) is 19.7. The Hall–Kier alpha value is -2.07. The maximum atomic E-state index is 14.1. The lowest BCUT2D eigenvalue weighted by molar-refractivity contribution is 0.402. The fourth-order valence-electron chi connectivity index (χ4n) is 3.79. The lowest BCUT2D eigenvalue weighted by Crippen LogP contribution is -2.53. The number of aliphatic imine (C=N–C) groups is 1. The summed E-state index contributed by atoms with van der Waals surface area (Å²) in [5, 5.41) is 7.62. The van der Waals surface area contributed by atoms with E-state index in [4.69, 9.17) is 16.6 Å². The largest absolute Gasteiger partial charge is 0.371 e. The Morgan fingerprint density at radius 1 is 1.04 bits per heavy atom. The molecule has 5 heteroatoms. The summed E-state index contributed by atoms with van der Waals surface area (Å²) in [6, 6.07) is 12.9. The lowest BCUT2D eigenvalue weighted by atomic mass is 9.79. The molecule has 1 aliphatic heterocycles. The normalized spacial score (nSPS) is 18.7. The Kier molecular flexibility index (Phi) is 6.38. The first-order valence-corrected chi connectivity index (χ1v) is 10.2. The van der Waals surface area contributed by atoms with Crippen LogP contribution in [0.5, 0.6) is 0 Å². The van der Waals surface area contributed by atoms with E-state index in [0.717, 1.165) is 30.1 Å². The number of nitrogens with one attached hydrogen (secondary N) is 2. The molecular weight excluding hydrogens is 361 g/mol. The summed E-state index contributed by atoms with van der Waals surface area (Å²) >= 11 is 5.84. The number of hydrogen-bond acceptors (Lipinski definition) is 2. The zero-order valence-electron chi connectivity index (χ0n) is 16.0. The molecule has 4 rings (SSSR count). The van der Waals surface area contributed by atoms with Crippen molar-refractivity contribution < 1.29 is 4.39 Å². The van der Waals surface area contributed by atoms with Gasteiger partial charge in [-0.3, -0.25) is 4.99 Å². The van der Waals surface area contributed by atoms with Crippen molar-refractivity contribution in [3.8, 4) is 0 Å². The number of hydrogen-bond donors (Lipinski definition) is 2. The highest BCUT2D eigenvalue weighted by molar-refractivity contribution is 6.30. The molecule has 144 valence electrons. The smallest absolute Gasteiger partial charge is 0.129 e. The number of para-hydroxylation sites is 2. The van der Waals surface area contributed by atoms with Gasteiger partial charge in [-0.25, -0.2) is 4.39 Å². The minimum atomic E-state index is -0.307. The molecule has 2 aromatic rings. The summed E-state index contributed by atoms with van der Waals surface area (Å²) in [6.45, 7) is 4.30. The monoisotopic (exact) mass is 387 g/mol. The molecule has 0 saturated heterocycles. The Morgan fingerprint density at radius 2 is 1.74 bits per heavy atom. The first-order valence-electron chi connectivity index (χ1n) is 9.79. The lowest BCUT2D eigenvalue weighted by Gasteiger charge is -2.44. The van der Waals surface area contributed by atoms with Crippen LogP contribution in [0.1, 0.15) is 51.5 Å². The average molecular weight is 388 g/mol. The van der Waals surface area contributed by atoms with Gasteiger partial charge in [0.05, 0.1) is 23.5 Å². The van der Waals surface area contributed by atoms with Gasteiger partial charge in [0.2, 0.25) is 0 Å². The Morgan fingerprint density at radius 3 is 2.44 bits per heavy atom. The van der Waals surface area contributed by atoms with Crippen LogP contribution >= 0.6 is 11.6 Å². The number of rotatable bonds is 2. The highest BCUT2D eigenvalue weighted by Gasteiger charge is 2.40. The maximum Gasteiger partial charge on any atom is 0.129 e. The predicted molar refractivity (Wildman–Crippen MR) is 113 cm³/mol. The summed E-state index contributed by atoms with van der Waals surface area (Å²) in [5.74, 6) is 0.610. The molecule has 0 bridgehead atoms. The molecule has 1 heterocycles. The zero-order chi connectivity index (χ0) is 19.3. The summed E-state index contributed by atoms with van der Waals surface area (Å²) in [5.41, 5.74) is 2.52. The number of benzene rings is 2. The van der Waals surface area contributed by atoms with E-state index in [2.05, 4.69) is 16.7 Å². The quantitative estimate of drug-likeness (QED) is 0.605. The van der Waals surface area contributed by atoms with E-state index in [1.807, 2.05) is 32.0 Å². The van der Waals surface area contributed by atoms with Crippen molar-refractivity contribution in [2.75, 3.05) is 10.6 Å². The third-order valence-corrected chi connectivity index (χ3v) is 5.37. The fraction of sp³-hybridized carbons (Fsp3) is 0.409. The van der Waals surface area contributed by atoms with Crippen LogP contribution in [0.25, 0.3) is 0 Å². The standard InChI is InChI=1S/C20H21ClFN3.C2H6/c21-15-9-8-14(16(22)12-15)13-23-19-20(10-4-1-5-11-20)25-18-7-3-2-6-17(18)24-19;1-2/h2-3,6-9,12,25H,1,4-5,10-11,13H2,(H,23,24);1-2H3. The van der Waals surface area contributed by atoms with Crippen molar-refractivity contribution in [2.24, 2.45) is 4.99 Å². The summed E-state index contributed by atoms with van der Waals surface area (Å²) in [6.07, 6.45) is 5.67. The molecular formula is C22H27ClFN3. The molecule has 2 aliphatic rings. The van der Waals surface area contributed by atoms with Gasteiger partial charge < -0.3 is 10.6 Å². The Balaban J connectivity index is 0.00000102. The van der Waals surface area contributed by atoms with Gasteiger partial charge in [0.25, 0.3) is 0 Å². The van der Waals surface area contributed by atoms with Gasteiger partial charge in [0.15, 0.2) is 0 Å². The second-order valence-electron chi connectivity index (χ2n) is 6.84. The second kappa shape index (κ2) is 8.75. The van der Waals surface area contributed by atoms with Crippen molar-refractivity contribution in [3.05, 3.63) is 58.9 Å². The Bertz CT molecular complexity index is 813. The van der Waals surface area contributed by atoms with Crippen LogP contribution in [0.15, 0.2) is 47.5 Å². The topological polar surface area (TPSA) is 36.4 Å². The third kappa shape index (κ3) is 4.27. The van der Waals surface area contributed by atoms with Crippen LogP contribution in [0, 0.1) is 5.82 Å². The molecule has 0 unspecified atom stereocenters. The van der Waals surface area contributed by atoms with Crippen molar-refractivity contribution in [3.63, 3.8) is 0 Å². The molecule has 0 atom stereocenters. The van der Waals surface area contributed by atoms with Crippen LogP contribution in [0.4, 0.5) is 15.8 Å². The minimum Gasteiger partial charge on any atom is -0.371 e. The maximum absolute atomic E-state index is 14.1. The molecule has 1 aliphatic carbocycles. The molecule has 1 fully saturated rings. The van der Waals surface area contributed by atoms with Crippen molar-refractivity contribution in [1.29, 1.82) is 0 Å². The minimum absolute atomic E-state index is 0.171. The van der Waals surface area contributed by atoms with E-state index in [9.17, 15) is 4.39 Å². The third-order valence-electron chi connectivity index (χ3n) is 5.14. The highest BCUT2D eigenvalue weighted by atomic mass is 35.5. The number of nitrogens with zero attached hydrogens (tertiary/aromatic N) is 1.